The van der Waals surface area contributed by atoms with E-state index >= 15 is 0 Å². The van der Waals surface area contributed by atoms with Gasteiger partial charge in [0.1, 0.15) is 0 Å². The molecule has 262 valence electrons. The number of rotatable bonds is 4. The van der Waals surface area contributed by atoms with Crippen LogP contribution in [0.3, 0.4) is 0 Å². The highest BCUT2D eigenvalue weighted by molar-refractivity contribution is 5.96. The molecule has 1 heteroatoms. The minimum absolute atomic E-state index is 0.0542. The summed E-state index contributed by atoms with van der Waals surface area (Å²) in [6.45, 7) is 26.8. The molecule has 0 N–H and O–H groups in total. The smallest absolute Gasteiger partial charge is 0.0543 e. The van der Waals surface area contributed by atoms with Crippen molar-refractivity contribution in [2.45, 2.75) is 129 Å². The molecule has 0 heterocycles. The lowest BCUT2D eigenvalue weighted by molar-refractivity contribution is 0.332. The van der Waals surface area contributed by atoms with Gasteiger partial charge in [-0.1, -0.05) is 130 Å². The van der Waals surface area contributed by atoms with Crippen LogP contribution < -0.4 is 4.90 Å². The average Bonchev–Trinajstić information content (AvgIpc) is 3.31. The van der Waals surface area contributed by atoms with Crippen LogP contribution in [0.4, 0.5) is 17.1 Å². The van der Waals surface area contributed by atoms with E-state index < -0.39 is 0 Å². The van der Waals surface area contributed by atoms with Gasteiger partial charge in [-0.15, -0.1) is 0 Å². The average molecular weight is 672 g/mol. The van der Waals surface area contributed by atoms with Crippen LogP contribution in [0, 0.1) is 6.92 Å². The van der Waals surface area contributed by atoms with E-state index in [1.807, 2.05) is 0 Å². The Balaban J connectivity index is 1.50. The molecule has 3 aliphatic rings. The molecule has 0 saturated carbocycles. The van der Waals surface area contributed by atoms with Crippen LogP contribution >= 0.6 is 0 Å². The standard InChI is InChI=1S/C50H57N/c1-32-21-23-40-45(49(8,9)28-27-47(40,4)5)44(32)37-30-36-35-19-15-16-20-38(35)50(10,11)41(36)31-43(37)51(33-17-13-12-14-18-33)34-22-24-39-42(29-34)48(6,7)26-25-46(39,2)3/h12-24,29-31H,25-28H2,1-11H3. The molecule has 0 amide bonds. The zero-order valence-corrected chi connectivity index (χ0v) is 33.0. The summed E-state index contributed by atoms with van der Waals surface area (Å²) < 4.78 is 0. The summed E-state index contributed by atoms with van der Waals surface area (Å²) in [4.78, 5) is 2.59. The molecule has 0 aromatic heterocycles. The zero-order valence-electron chi connectivity index (χ0n) is 33.0. The Morgan fingerprint density at radius 2 is 1.02 bits per heavy atom. The first-order chi connectivity index (χ1) is 23.9. The molecule has 0 atom stereocenters. The predicted molar refractivity (Wildman–Crippen MR) is 219 cm³/mol. The molecule has 0 unspecified atom stereocenters. The van der Waals surface area contributed by atoms with Crippen LogP contribution in [-0.4, -0.2) is 0 Å². The Hall–Kier alpha value is -4.10. The van der Waals surface area contributed by atoms with Gasteiger partial charge in [0.15, 0.2) is 0 Å². The maximum atomic E-state index is 2.59. The summed E-state index contributed by atoms with van der Waals surface area (Å²) in [7, 11) is 0. The van der Waals surface area contributed by atoms with Crippen LogP contribution in [0.1, 0.15) is 134 Å². The van der Waals surface area contributed by atoms with Crippen molar-refractivity contribution in [1.29, 1.82) is 0 Å². The Morgan fingerprint density at radius 1 is 0.431 bits per heavy atom. The van der Waals surface area contributed by atoms with E-state index in [-0.39, 0.29) is 27.1 Å². The molecular weight excluding hydrogens is 615 g/mol. The van der Waals surface area contributed by atoms with E-state index in [0.29, 0.717) is 0 Å². The second kappa shape index (κ2) is 11.2. The Morgan fingerprint density at radius 3 is 1.73 bits per heavy atom. The first-order valence-corrected chi connectivity index (χ1v) is 19.4. The zero-order chi connectivity index (χ0) is 36.3. The van der Waals surface area contributed by atoms with Crippen LogP contribution in [0.15, 0.2) is 97.1 Å². The summed E-state index contributed by atoms with van der Waals surface area (Å²) in [5.41, 5.74) is 19.7. The van der Waals surface area contributed by atoms with Crippen LogP contribution in [0.5, 0.6) is 0 Å². The fraction of sp³-hybridized carbons (Fsp3) is 0.400. The Labute approximate surface area is 308 Å². The van der Waals surface area contributed by atoms with Crippen molar-refractivity contribution >= 4 is 17.1 Å². The van der Waals surface area contributed by atoms with Gasteiger partial charge >= 0.3 is 0 Å². The van der Waals surface area contributed by atoms with Gasteiger partial charge in [-0.05, 0) is 146 Å². The number of para-hydroxylation sites is 1. The van der Waals surface area contributed by atoms with Gasteiger partial charge in [-0.3, -0.25) is 0 Å². The molecule has 0 bridgehead atoms. The molecule has 0 spiro atoms. The third-order valence-corrected chi connectivity index (χ3v) is 13.5. The Kier molecular flexibility index (Phi) is 7.47. The number of hydrogen-bond acceptors (Lipinski definition) is 1. The summed E-state index contributed by atoms with van der Waals surface area (Å²) in [6, 6.07) is 37.7. The quantitative estimate of drug-likeness (QED) is 0.184. The first-order valence-electron chi connectivity index (χ1n) is 19.4. The van der Waals surface area contributed by atoms with Crippen molar-refractivity contribution in [3.05, 3.63) is 136 Å². The lowest BCUT2D eigenvalue weighted by atomic mass is 9.61. The normalized spacial score (nSPS) is 19.7. The van der Waals surface area contributed by atoms with Gasteiger partial charge in [-0.2, -0.15) is 0 Å². The molecule has 0 radical (unpaired) electrons. The predicted octanol–water partition coefficient (Wildman–Crippen LogP) is 14.1. The topological polar surface area (TPSA) is 3.24 Å². The molecule has 51 heavy (non-hydrogen) atoms. The SMILES string of the molecule is Cc1ccc2c(c1-c1cc3c(cc1N(c1ccccc1)c1ccc4c(c1)C(C)(C)CCC4(C)C)C(C)(C)c1ccccc1-3)C(C)(C)CCC2(C)C. The third-order valence-electron chi connectivity index (χ3n) is 13.5. The molecule has 0 aliphatic heterocycles. The molecule has 8 rings (SSSR count). The molecule has 0 fully saturated rings. The lowest BCUT2D eigenvalue weighted by Crippen LogP contribution is -2.34. The van der Waals surface area contributed by atoms with Crippen molar-refractivity contribution in [3.8, 4) is 22.3 Å². The highest BCUT2D eigenvalue weighted by atomic mass is 15.1. The van der Waals surface area contributed by atoms with Gasteiger partial charge in [0.05, 0.1) is 5.69 Å². The minimum Gasteiger partial charge on any atom is -0.310 e. The largest absolute Gasteiger partial charge is 0.310 e. The van der Waals surface area contributed by atoms with E-state index in [2.05, 4.69) is 178 Å². The second-order valence-electron chi connectivity index (χ2n) is 19.2. The lowest BCUT2D eigenvalue weighted by Gasteiger charge is -2.44. The van der Waals surface area contributed by atoms with Gasteiger partial charge in [0.25, 0.3) is 0 Å². The summed E-state index contributed by atoms with van der Waals surface area (Å²) >= 11 is 0. The van der Waals surface area contributed by atoms with Crippen LogP contribution in [0.25, 0.3) is 22.3 Å². The molecule has 3 aliphatic carbocycles. The summed E-state index contributed by atoms with van der Waals surface area (Å²) in [5, 5.41) is 0. The fourth-order valence-electron chi connectivity index (χ4n) is 10.0. The molecule has 1 nitrogen and oxygen atoms in total. The van der Waals surface area contributed by atoms with E-state index in [1.54, 1.807) is 0 Å². The molecule has 0 saturated heterocycles. The summed E-state index contributed by atoms with van der Waals surface area (Å²) in [6.07, 6.45) is 4.78. The van der Waals surface area contributed by atoms with E-state index in [1.165, 1.54) is 104 Å². The number of hydrogen-bond donors (Lipinski definition) is 0. The number of anilines is 3. The number of benzene rings is 5. The highest BCUT2D eigenvalue weighted by Gasteiger charge is 2.42. The van der Waals surface area contributed by atoms with Crippen molar-refractivity contribution in [1.82, 2.24) is 0 Å². The number of aryl methyl sites for hydroxylation is 1. The van der Waals surface area contributed by atoms with E-state index in [4.69, 9.17) is 0 Å². The molecular formula is C50H57N. The van der Waals surface area contributed by atoms with E-state index in [0.717, 1.165) is 0 Å². The number of nitrogens with zero attached hydrogens (tertiary/aromatic N) is 1. The maximum absolute atomic E-state index is 2.59. The second-order valence-corrected chi connectivity index (χ2v) is 19.2. The van der Waals surface area contributed by atoms with Gasteiger partial charge < -0.3 is 4.90 Å². The van der Waals surface area contributed by atoms with Gasteiger partial charge in [-0.25, -0.2) is 0 Å². The van der Waals surface area contributed by atoms with Gasteiger partial charge in [0, 0.05) is 22.4 Å². The molecule has 5 aromatic carbocycles. The van der Waals surface area contributed by atoms with Crippen molar-refractivity contribution in [2.24, 2.45) is 0 Å². The van der Waals surface area contributed by atoms with Crippen molar-refractivity contribution < 1.29 is 0 Å². The third kappa shape index (κ3) is 5.16. The van der Waals surface area contributed by atoms with E-state index in [9.17, 15) is 0 Å². The Bertz CT molecular complexity index is 2190. The van der Waals surface area contributed by atoms with Crippen LogP contribution in [-0.2, 0) is 27.1 Å². The van der Waals surface area contributed by atoms with Crippen molar-refractivity contribution in [3.63, 3.8) is 0 Å². The maximum Gasteiger partial charge on any atom is 0.0543 e. The number of fused-ring (bicyclic) bond motifs is 5. The fourth-order valence-corrected chi connectivity index (χ4v) is 10.0. The van der Waals surface area contributed by atoms with Crippen molar-refractivity contribution in [2.75, 3.05) is 4.90 Å². The monoisotopic (exact) mass is 671 g/mol. The minimum atomic E-state index is -0.115. The first kappa shape index (κ1) is 34.0. The molecule has 5 aromatic rings. The van der Waals surface area contributed by atoms with Crippen LogP contribution in [0.2, 0.25) is 0 Å². The summed E-state index contributed by atoms with van der Waals surface area (Å²) in [5.74, 6) is 0. The highest BCUT2D eigenvalue weighted by Crippen LogP contribution is 2.57. The van der Waals surface area contributed by atoms with Gasteiger partial charge in [0.2, 0.25) is 0 Å².